The van der Waals surface area contributed by atoms with Gasteiger partial charge in [-0.2, -0.15) is 0 Å². The highest BCUT2D eigenvalue weighted by Crippen LogP contribution is 2.24. The van der Waals surface area contributed by atoms with Crippen molar-refractivity contribution in [3.05, 3.63) is 50.1 Å². The Morgan fingerprint density at radius 1 is 1.29 bits per heavy atom. The highest BCUT2D eigenvalue weighted by atomic mass is 79.9. The van der Waals surface area contributed by atoms with Crippen LogP contribution in [0.15, 0.2) is 34.1 Å². The van der Waals surface area contributed by atoms with E-state index in [1.807, 2.05) is 0 Å². The van der Waals surface area contributed by atoms with Gasteiger partial charge in [-0.05, 0) is 65.1 Å². The number of aryl methyl sites for hydroxylation is 1. The topological polar surface area (TPSA) is 15.3 Å². The van der Waals surface area contributed by atoms with Gasteiger partial charge in [-0.3, -0.25) is 0 Å². The van der Waals surface area contributed by atoms with Gasteiger partial charge in [0.25, 0.3) is 0 Å². The van der Waals surface area contributed by atoms with Crippen LogP contribution in [-0.2, 0) is 13.1 Å². The second kappa shape index (κ2) is 7.97. The van der Waals surface area contributed by atoms with Crippen LogP contribution in [0.3, 0.4) is 0 Å². The van der Waals surface area contributed by atoms with Crippen LogP contribution in [0.1, 0.15) is 29.3 Å². The first kappa shape index (κ1) is 16.5. The molecule has 0 aliphatic rings. The largest absolute Gasteiger partial charge is 0.369 e. The molecule has 0 spiro atoms. The predicted octanol–water partition coefficient (Wildman–Crippen LogP) is 4.96. The number of nitrogens with zero attached hydrogens (tertiary/aromatic N) is 1. The first-order valence-corrected chi connectivity index (χ1v) is 9.01. The van der Waals surface area contributed by atoms with Crippen molar-refractivity contribution in [2.24, 2.45) is 0 Å². The summed E-state index contributed by atoms with van der Waals surface area (Å²) in [6.45, 7) is 7.38. The van der Waals surface area contributed by atoms with E-state index in [1.165, 1.54) is 32.6 Å². The van der Waals surface area contributed by atoms with Gasteiger partial charge < -0.3 is 10.2 Å². The summed E-state index contributed by atoms with van der Waals surface area (Å²) in [5.41, 5.74) is 4.02. The Bertz CT molecular complexity index is 580. The number of anilines is 1. The van der Waals surface area contributed by atoms with Gasteiger partial charge in [-0.15, -0.1) is 11.3 Å². The van der Waals surface area contributed by atoms with Gasteiger partial charge in [-0.1, -0.05) is 13.0 Å². The molecule has 0 aliphatic carbocycles. The minimum atomic E-state index is 0.948. The second-order valence-corrected chi connectivity index (χ2v) is 7.29. The van der Waals surface area contributed by atoms with Crippen LogP contribution in [0.5, 0.6) is 0 Å². The van der Waals surface area contributed by atoms with Crippen molar-refractivity contribution in [1.29, 1.82) is 0 Å². The molecule has 1 aromatic carbocycles. The number of nitrogens with one attached hydrogen (secondary N) is 1. The van der Waals surface area contributed by atoms with E-state index in [0.29, 0.717) is 0 Å². The molecule has 1 aromatic heterocycles. The molecule has 2 nitrogen and oxygen atoms in total. The third kappa shape index (κ3) is 4.83. The summed E-state index contributed by atoms with van der Waals surface area (Å²) < 4.78 is 1.17. The number of hydrogen-bond donors (Lipinski definition) is 1. The van der Waals surface area contributed by atoms with Crippen molar-refractivity contribution in [1.82, 2.24) is 5.32 Å². The number of benzene rings is 1. The monoisotopic (exact) mass is 366 g/mol. The highest BCUT2D eigenvalue weighted by Gasteiger charge is 2.06. The van der Waals surface area contributed by atoms with Gasteiger partial charge in [0.05, 0.1) is 6.54 Å². The number of rotatable bonds is 7. The molecule has 0 atom stereocenters. The summed E-state index contributed by atoms with van der Waals surface area (Å²) in [7, 11) is 2.15. The standard InChI is InChI=1S/C17H23BrN2S/c1-4-7-19-10-14-5-6-16(8-13(14)2)20(3)11-17-9-15(18)12-21-17/h5-6,8-9,12,19H,4,7,10-11H2,1-3H3. The third-order valence-corrected chi connectivity index (χ3v) is 5.21. The lowest BCUT2D eigenvalue weighted by atomic mass is 10.1. The molecule has 2 rings (SSSR count). The molecule has 0 amide bonds. The molecular formula is C17H23BrN2S. The zero-order valence-corrected chi connectivity index (χ0v) is 15.4. The van der Waals surface area contributed by atoms with Crippen LogP contribution in [0, 0.1) is 6.92 Å². The van der Waals surface area contributed by atoms with E-state index in [9.17, 15) is 0 Å². The molecule has 1 N–H and O–H groups in total. The maximum atomic E-state index is 3.51. The Morgan fingerprint density at radius 3 is 2.71 bits per heavy atom. The van der Waals surface area contributed by atoms with Crippen LogP contribution in [0.2, 0.25) is 0 Å². The fourth-order valence-electron chi connectivity index (χ4n) is 2.28. The van der Waals surface area contributed by atoms with Crippen LogP contribution in [-0.4, -0.2) is 13.6 Å². The van der Waals surface area contributed by atoms with Gasteiger partial charge in [-0.25, -0.2) is 0 Å². The summed E-state index contributed by atoms with van der Waals surface area (Å²) in [4.78, 5) is 3.67. The second-order valence-electron chi connectivity index (χ2n) is 5.37. The molecule has 0 fully saturated rings. The SMILES string of the molecule is CCCNCc1ccc(N(C)Cc2cc(Br)cs2)cc1C. The maximum Gasteiger partial charge on any atom is 0.0519 e. The molecule has 0 saturated carbocycles. The fraction of sp³-hybridized carbons (Fsp3) is 0.412. The average molecular weight is 367 g/mol. The van der Waals surface area contributed by atoms with E-state index in [-0.39, 0.29) is 0 Å². The van der Waals surface area contributed by atoms with Crippen LogP contribution < -0.4 is 10.2 Å². The molecule has 4 heteroatoms. The molecule has 0 bridgehead atoms. The maximum absolute atomic E-state index is 3.51. The Hall–Kier alpha value is -0.840. The Balaban J connectivity index is 2.01. The van der Waals surface area contributed by atoms with E-state index >= 15 is 0 Å². The first-order chi connectivity index (χ1) is 10.1. The summed E-state index contributed by atoms with van der Waals surface area (Å²) >= 11 is 5.31. The van der Waals surface area contributed by atoms with Crippen molar-refractivity contribution in [3.8, 4) is 0 Å². The lowest BCUT2D eigenvalue weighted by Crippen LogP contribution is -2.17. The van der Waals surface area contributed by atoms with Gasteiger partial charge in [0.1, 0.15) is 0 Å². The molecule has 0 unspecified atom stereocenters. The van der Waals surface area contributed by atoms with Gasteiger partial charge >= 0.3 is 0 Å². The lowest BCUT2D eigenvalue weighted by molar-refractivity contribution is 0.673. The zero-order valence-electron chi connectivity index (χ0n) is 12.9. The molecule has 0 saturated heterocycles. The van der Waals surface area contributed by atoms with Gasteiger partial charge in [0.15, 0.2) is 0 Å². The van der Waals surface area contributed by atoms with E-state index in [0.717, 1.165) is 19.6 Å². The fourth-order valence-corrected chi connectivity index (χ4v) is 3.78. The molecule has 2 aromatic rings. The van der Waals surface area contributed by atoms with E-state index in [2.05, 4.69) is 76.7 Å². The van der Waals surface area contributed by atoms with Crippen LogP contribution in [0.25, 0.3) is 0 Å². The summed E-state index contributed by atoms with van der Waals surface area (Å²) in [5.74, 6) is 0. The minimum Gasteiger partial charge on any atom is -0.369 e. The summed E-state index contributed by atoms with van der Waals surface area (Å²) in [6, 6.07) is 8.94. The Kier molecular flexibility index (Phi) is 6.27. The quantitative estimate of drug-likeness (QED) is 0.696. The molecular weight excluding hydrogens is 344 g/mol. The predicted molar refractivity (Wildman–Crippen MR) is 97.3 cm³/mol. The van der Waals surface area contributed by atoms with Crippen molar-refractivity contribution >= 4 is 33.0 Å². The van der Waals surface area contributed by atoms with E-state index in [1.54, 1.807) is 11.3 Å². The van der Waals surface area contributed by atoms with Gasteiger partial charge in [0, 0.05) is 34.0 Å². The number of hydrogen-bond acceptors (Lipinski definition) is 3. The van der Waals surface area contributed by atoms with Crippen molar-refractivity contribution < 1.29 is 0 Å². The lowest BCUT2D eigenvalue weighted by Gasteiger charge is -2.20. The number of halogens is 1. The minimum absolute atomic E-state index is 0.948. The Labute approximate surface area is 140 Å². The summed E-state index contributed by atoms with van der Waals surface area (Å²) in [6.07, 6.45) is 1.18. The molecule has 21 heavy (non-hydrogen) atoms. The van der Waals surface area contributed by atoms with Crippen molar-refractivity contribution in [2.45, 2.75) is 33.4 Å². The number of thiophene rings is 1. The summed E-state index contributed by atoms with van der Waals surface area (Å²) in [5, 5.41) is 5.60. The molecule has 0 aliphatic heterocycles. The zero-order chi connectivity index (χ0) is 15.2. The third-order valence-electron chi connectivity index (χ3n) is 3.52. The van der Waals surface area contributed by atoms with E-state index in [4.69, 9.17) is 0 Å². The van der Waals surface area contributed by atoms with Crippen LogP contribution >= 0.6 is 27.3 Å². The van der Waals surface area contributed by atoms with E-state index < -0.39 is 0 Å². The smallest absolute Gasteiger partial charge is 0.0519 e. The van der Waals surface area contributed by atoms with Crippen LogP contribution in [0.4, 0.5) is 5.69 Å². The first-order valence-electron chi connectivity index (χ1n) is 7.34. The highest BCUT2D eigenvalue weighted by molar-refractivity contribution is 9.10. The Morgan fingerprint density at radius 2 is 2.10 bits per heavy atom. The molecule has 1 heterocycles. The van der Waals surface area contributed by atoms with Crippen molar-refractivity contribution in [2.75, 3.05) is 18.5 Å². The molecule has 0 radical (unpaired) electrons. The molecule has 114 valence electrons. The normalized spacial score (nSPS) is 10.9. The van der Waals surface area contributed by atoms with Crippen molar-refractivity contribution in [3.63, 3.8) is 0 Å². The van der Waals surface area contributed by atoms with Gasteiger partial charge in [0.2, 0.25) is 0 Å². The average Bonchev–Trinajstić information content (AvgIpc) is 2.86.